The topological polar surface area (TPSA) is 124 Å². The van der Waals surface area contributed by atoms with Crippen molar-refractivity contribution in [3.05, 3.63) is 24.2 Å². The van der Waals surface area contributed by atoms with E-state index in [1.54, 1.807) is 13.1 Å². The molecule has 3 fully saturated rings. The summed E-state index contributed by atoms with van der Waals surface area (Å²) in [6, 6.07) is 4.24. The zero-order chi connectivity index (χ0) is 24.8. The summed E-state index contributed by atoms with van der Waals surface area (Å²) in [5.74, 6) is 0.0612. The number of hydrogen-bond acceptors (Lipinski definition) is 9. The molecule has 2 saturated carbocycles. The number of nitrogens with zero attached hydrogens (tertiary/aromatic N) is 5. The van der Waals surface area contributed by atoms with Crippen LogP contribution in [0.3, 0.4) is 0 Å². The lowest BCUT2D eigenvalue weighted by molar-refractivity contribution is -0.129. The van der Waals surface area contributed by atoms with Crippen molar-refractivity contribution in [3.8, 4) is 6.07 Å². The molecule has 1 aliphatic heterocycles. The first-order valence-electron chi connectivity index (χ1n) is 11.6. The van der Waals surface area contributed by atoms with E-state index in [1.165, 1.54) is 11.9 Å². The molecule has 0 atom stereocenters. The van der Waals surface area contributed by atoms with E-state index in [2.05, 4.69) is 20.7 Å². The number of alkyl halides is 1. The number of nitriles is 1. The van der Waals surface area contributed by atoms with Gasteiger partial charge in [-0.05, 0) is 43.7 Å². The number of carbonyl (C=O) groups is 1. The lowest BCUT2D eigenvalue weighted by atomic mass is 10.2. The van der Waals surface area contributed by atoms with E-state index < -0.39 is 17.6 Å². The number of aromatic nitrogens is 2. The fourth-order valence-electron chi connectivity index (χ4n) is 4.11. The van der Waals surface area contributed by atoms with Crippen LogP contribution in [0.25, 0.3) is 5.65 Å². The number of amides is 1. The maximum absolute atomic E-state index is 13.4. The van der Waals surface area contributed by atoms with E-state index in [0.717, 1.165) is 35.2 Å². The first-order chi connectivity index (χ1) is 16.8. The van der Waals surface area contributed by atoms with Crippen LogP contribution >= 0.6 is 23.7 Å². The lowest BCUT2D eigenvalue weighted by Gasteiger charge is -2.35. The van der Waals surface area contributed by atoms with Gasteiger partial charge in [-0.3, -0.25) is 24.7 Å². The average molecular weight is 515 g/mol. The monoisotopic (exact) mass is 514 g/mol. The van der Waals surface area contributed by atoms with Gasteiger partial charge < -0.3 is 9.80 Å². The van der Waals surface area contributed by atoms with Crippen molar-refractivity contribution in [1.82, 2.24) is 19.0 Å². The number of carbonyl (C=O) groups excluding carboxylic acids is 1. The first kappa shape index (κ1) is 24.1. The van der Waals surface area contributed by atoms with E-state index in [0.29, 0.717) is 50.4 Å². The molecule has 2 aromatic rings. The van der Waals surface area contributed by atoms with Gasteiger partial charge in [-0.25, -0.2) is 9.37 Å². The van der Waals surface area contributed by atoms with Crippen LogP contribution in [0.5, 0.6) is 0 Å². The number of pyridine rings is 1. The number of thioether (sulfide) groups is 1. The van der Waals surface area contributed by atoms with Crippen molar-refractivity contribution in [3.63, 3.8) is 0 Å². The van der Waals surface area contributed by atoms with Gasteiger partial charge in [-0.15, -0.1) is 0 Å². The molecule has 35 heavy (non-hydrogen) atoms. The van der Waals surface area contributed by atoms with Crippen LogP contribution in [0, 0.1) is 27.6 Å². The summed E-state index contributed by atoms with van der Waals surface area (Å²) in [4.78, 5) is 21.3. The van der Waals surface area contributed by atoms with Crippen LogP contribution in [-0.4, -0.2) is 68.7 Å². The smallest absolute Gasteiger partial charge is 0.219 e. The number of rotatable bonds is 7. The Labute approximate surface area is 211 Å². The molecule has 2 aliphatic carbocycles. The third kappa shape index (κ3) is 4.64. The molecular formula is C23H27FN8OS2. The Morgan fingerprint density at radius 2 is 1.97 bits per heavy atom. The number of hydrogen-bond donors (Lipinski definition) is 3. The van der Waals surface area contributed by atoms with Crippen molar-refractivity contribution < 1.29 is 9.18 Å². The maximum atomic E-state index is 13.4. The molecule has 1 amide bonds. The minimum Gasteiger partial charge on any atom is -0.365 e. The van der Waals surface area contributed by atoms with Gasteiger partial charge in [0.2, 0.25) is 5.91 Å². The van der Waals surface area contributed by atoms with Crippen LogP contribution in [-0.2, 0) is 4.79 Å². The second-order valence-corrected chi connectivity index (χ2v) is 11.4. The highest BCUT2D eigenvalue weighted by Crippen LogP contribution is 2.49. The number of piperazine rings is 1. The normalized spacial score (nSPS) is 19.9. The summed E-state index contributed by atoms with van der Waals surface area (Å²) in [6.45, 7) is 3.73. The molecule has 0 bridgehead atoms. The Balaban J connectivity index is 1.45. The third-order valence-corrected chi connectivity index (χ3v) is 8.96. The van der Waals surface area contributed by atoms with Crippen molar-refractivity contribution >= 4 is 51.0 Å². The predicted octanol–water partition coefficient (Wildman–Crippen LogP) is 3.44. The summed E-state index contributed by atoms with van der Waals surface area (Å²) >= 11 is 2.38. The summed E-state index contributed by atoms with van der Waals surface area (Å²) in [6.07, 6.45) is 6.45. The molecule has 3 aliphatic rings. The minimum absolute atomic E-state index is 0.0612. The van der Waals surface area contributed by atoms with E-state index in [4.69, 9.17) is 10.8 Å². The molecule has 0 aromatic carbocycles. The Kier molecular flexibility index (Phi) is 6.27. The summed E-state index contributed by atoms with van der Waals surface area (Å²) in [5.41, 5.74) is 0.916. The quantitative estimate of drug-likeness (QED) is 0.294. The predicted molar refractivity (Wildman–Crippen MR) is 136 cm³/mol. The molecule has 12 heteroatoms. The van der Waals surface area contributed by atoms with Crippen LogP contribution in [0.1, 0.15) is 38.3 Å². The van der Waals surface area contributed by atoms with Crippen LogP contribution in [0.4, 0.5) is 10.1 Å². The van der Waals surface area contributed by atoms with Gasteiger partial charge in [0.05, 0.1) is 34.2 Å². The fourth-order valence-corrected chi connectivity index (χ4v) is 5.94. The van der Waals surface area contributed by atoms with E-state index in [-0.39, 0.29) is 16.0 Å². The number of nitrogens with one attached hydrogen (secondary N) is 3. The molecule has 5 rings (SSSR count). The Bertz CT molecular complexity index is 1240. The first-order valence-corrected chi connectivity index (χ1v) is 13.2. The highest BCUT2D eigenvalue weighted by molar-refractivity contribution is 8.26. The van der Waals surface area contributed by atoms with Gasteiger partial charge in [0, 0.05) is 44.2 Å². The van der Waals surface area contributed by atoms with Crippen LogP contribution in [0.15, 0.2) is 23.4 Å². The second kappa shape index (κ2) is 9.11. The van der Waals surface area contributed by atoms with E-state index >= 15 is 0 Å². The Hall–Kier alpha value is -2.62. The standard InChI is InChI=1S/C23H27FN8OS2/c1-15(33)30-6-8-31(9-7-30)17-10-16(35-29-23(13-24)4-5-23)12-32-18(11-28-20(17)32)19(26)34-21(27)22(14-25)2-3-22/h10-12,26-27,29H,2-9,13H2,1H3. The molecule has 0 unspecified atom stereocenters. The number of fused-ring (bicyclic) bond motifs is 1. The number of anilines is 1. The summed E-state index contributed by atoms with van der Waals surface area (Å²) < 4.78 is 18.5. The molecule has 0 radical (unpaired) electrons. The molecule has 3 heterocycles. The Morgan fingerprint density at radius 1 is 1.26 bits per heavy atom. The van der Waals surface area contributed by atoms with Gasteiger partial charge in [0.25, 0.3) is 0 Å². The molecule has 1 saturated heterocycles. The summed E-state index contributed by atoms with van der Waals surface area (Å²) in [7, 11) is 0. The van der Waals surface area contributed by atoms with Crippen molar-refractivity contribution in [2.75, 3.05) is 37.8 Å². The second-order valence-electron chi connectivity index (χ2n) is 9.46. The zero-order valence-electron chi connectivity index (χ0n) is 19.4. The van der Waals surface area contributed by atoms with Crippen LogP contribution in [0.2, 0.25) is 0 Å². The molecule has 3 N–H and O–H groups in total. The van der Waals surface area contributed by atoms with Gasteiger partial charge >= 0.3 is 0 Å². The molecule has 9 nitrogen and oxygen atoms in total. The number of imidazole rings is 1. The molecular weight excluding hydrogens is 487 g/mol. The van der Waals surface area contributed by atoms with Gasteiger partial charge in [-0.2, -0.15) is 5.26 Å². The van der Waals surface area contributed by atoms with Crippen molar-refractivity contribution in [2.24, 2.45) is 5.41 Å². The molecule has 2 aromatic heterocycles. The van der Waals surface area contributed by atoms with Gasteiger partial charge in [-0.1, -0.05) is 11.8 Å². The van der Waals surface area contributed by atoms with Crippen LogP contribution < -0.4 is 9.62 Å². The lowest BCUT2D eigenvalue weighted by Crippen LogP contribution is -2.48. The average Bonchev–Trinajstić information content (AvgIpc) is 3.79. The van der Waals surface area contributed by atoms with Crippen molar-refractivity contribution in [1.29, 1.82) is 16.1 Å². The Morgan fingerprint density at radius 3 is 2.54 bits per heavy atom. The zero-order valence-corrected chi connectivity index (χ0v) is 21.1. The van der Waals surface area contributed by atoms with E-state index in [9.17, 15) is 14.4 Å². The molecule has 184 valence electrons. The van der Waals surface area contributed by atoms with Gasteiger partial charge in [0.1, 0.15) is 17.1 Å². The number of halogens is 1. The minimum atomic E-state index is -0.741. The van der Waals surface area contributed by atoms with Gasteiger partial charge in [0.15, 0.2) is 5.65 Å². The SMILES string of the molecule is CC(=O)N1CCN(c2cc(SNC3(CF)CC3)cn3c(C(=N)SC(=N)C4(C#N)CC4)cnc23)CC1. The van der Waals surface area contributed by atoms with Crippen molar-refractivity contribution in [2.45, 2.75) is 43.0 Å². The maximum Gasteiger partial charge on any atom is 0.219 e. The summed E-state index contributed by atoms with van der Waals surface area (Å²) in [5, 5.41) is 26.8. The molecule has 0 spiro atoms. The highest BCUT2D eigenvalue weighted by Gasteiger charge is 2.48. The largest absolute Gasteiger partial charge is 0.365 e. The fraction of sp³-hybridized carbons (Fsp3) is 0.522. The van der Waals surface area contributed by atoms with E-state index in [1.807, 2.05) is 21.6 Å². The third-order valence-electron chi connectivity index (χ3n) is 6.96. The highest BCUT2D eigenvalue weighted by atomic mass is 32.2.